The summed E-state index contributed by atoms with van der Waals surface area (Å²) in [5.41, 5.74) is 0.861. The average molecular weight is 284 g/mol. The van der Waals surface area contributed by atoms with Crippen molar-refractivity contribution in [1.29, 1.82) is 0 Å². The van der Waals surface area contributed by atoms with Gasteiger partial charge in [0.05, 0.1) is 12.0 Å². The van der Waals surface area contributed by atoms with Crippen molar-refractivity contribution in [2.45, 2.75) is 56.8 Å². The highest BCUT2D eigenvalue weighted by molar-refractivity contribution is 7.86. The van der Waals surface area contributed by atoms with Crippen LogP contribution < -0.4 is 0 Å². The Kier molecular flexibility index (Phi) is 7.10. The van der Waals surface area contributed by atoms with Crippen molar-refractivity contribution in [2.75, 3.05) is 7.11 Å². The molecule has 0 unspecified atom stereocenters. The normalized spacial score (nSPS) is 11.7. The Bertz CT molecular complexity index is 466. The van der Waals surface area contributed by atoms with Crippen LogP contribution in [0.2, 0.25) is 0 Å². The molecule has 0 fully saturated rings. The van der Waals surface area contributed by atoms with Gasteiger partial charge in [-0.25, -0.2) is 0 Å². The maximum atomic E-state index is 11.8. The molecule has 0 saturated carbocycles. The number of aryl methyl sites for hydroxylation is 1. The lowest BCUT2D eigenvalue weighted by atomic mass is 10.1. The summed E-state index contributed by atoms with van der Waals surface area (Å²) in [5, 5.41) is 0. The van der Waals surface area contributed by atoms with Gasteiger partial charge >= 0.3 is 0 Å². The van der Waals surface area contributed by atoms with Crippen molar-refractivity contribution in [3.05, 3.63) is 29.8 Å². The Morgan fingerprint density at radius 3 is 2.32 bits per heavy atom. The van der Waals surface area contributed by atoms with Crippen LogP contribution in [0, 0.1) is 0 Å². The van der Waals surface area contributed by atoms with Gasteiger partial charge in [0.2, 0.25) is 0 Å². The van der Waals surface area contributed by atoms with Gasteiger partial charge in [0, 0.05) is 0 Å². The SMILES string of the molecule is CCCCCCCCc1ccccc1S(=O)(=O)OC. The summed E-state index contributed by atoms with van der Waals surface area (Å²) in [6, 6.07) is 7.10. The van der Waals surface area contributed by atoms with E-state index in [0.29, 0.717) is 4.90 Å². The van der Waals surface area contributed by atoms with E-state index in [1.54, 1.807) is 12.1 Å². The summed E-state index contributed by atoms with van der Waals surface area (Å²) in [6.45, 7) is 2.20. The van der Waals surface area contributed by atoms with Crippen LogP contribution in [0.15, 0.2) is 29.2 Å². The number of hydrogen-bond acceptors (Lipinski definition) is 3. The van der Waals surface area contributed by atoms with E-state index in [-0.39, 0.29) is 0 Å². The standard InChI is InChI=1S/C15H24O3S/c1-3-4-5-6-7-8-11-14-12-9-10-13-15(14)19(16,17)18-2/h9-10,12-13H,3-8,11H2,1-2H3. The highest BCUT2D eigenvalue weighted by Crippen LogP contribution is 2.20. The minimum Gasteiger partial charge on any atom is -0.270 e. The smallest absolute Gasteiger partial charge is 0.270 e. The highest BCUT2D eigenvalue weighted by Gasteiger charge is 2.16. The largest absolute Gasteiger partial charge is 0.296 e. The molecular formula is C15H24O3S. The molecule has 0 spiro atoms. The Labute approximate surface area is 117 Å². The summed E-state index contributed by atoms with van der Waals surface area (Å²) in [7, 11) is -2.37. The molecule has 3 nitrogen and oxygen atoms in total. The van der Waals surface area contributed by atoms with Crippen LogP contribution in [-0.2, 0) is 20.7 Å². The molecule has 0 radical (unpaired) electrons. The molecule has 0 atom stereocenters. The Hall–Kier alpha value is -0.870. The predicted molar refractivity (Wildman–Crippen MR) is 77.7 cm³/mol. The van der Waals surface area contributed by atoms with E-state index in [1.807, 2.05) is 12.1 Å². The molecule has 0 aromatic heterocycles. The van der Waals surface area contributed by atoms with Gasteiger partial charge in [-0.2, -0.15) is 8.42 Å². The fourth-order valence-electron chi connectivity index (χ4n) is 2.14. The van der Waals surface area contributed by atoms with E-state index in [0.717, 1.165) is 24.8 Å². The Morgan fingerprint density at radius 2 is 1.63 bits per heavy atom. The van der Waals surface area contributed by atoms with Crippen molar-refractivity contribution in [3.63, 3.8) is 0 Å². The van der Waals surface area contributed by atoms with Gasteiger partial charge in [-0.05, 0) is 24.5 Å². The third kappa shape index (κ3) is 5.33. The number of unbranched alkanes of at least 4 members (excludes halogenated alkanes) is 5. The van der Waals surface area contributed by atoms with Crippen molar-refractivity contribution < 1.29 is 12.6 Å². The van der Waals surface area contributed by atoms with E-state index >= 15 is 0 Å². The zero-order valence-electron chi connectivity index (χ0n) is 11.9. The van der Waals surface area contributed by atoms with Crippen LogP contribution in [0.1, 0.15) is 51.0 Å². The lowest BCUT2D eigenvalue weighted by Crippen LogP contribution is -2.06. The first-order valence-electron chi connectivity index (χ1n) is 7.00. The molecule has 0 saturated heterocycles. The van der Waals surface area contributed by atoms with Crippen LogP contribution in [0.5, 0.6) is 0 Å². The molecule has 0 aliphatic heterocycles. The van der Waals surface area contributed by atoms with Crippen LogP contribution >= 0.6 is 0 Å². The maximum absolute atomic E-state index is 11.8. The third-order valence-electron chi connectivity index (χ3n) is 3.26. The van der Waals surface area contributed by atoms with Crippen LogP contribution in [0.3, 0.4) is 0 Å². The zero-order chi connectivity index (χ0) is 14.1. The van der Waals surface area contributed by atoms with E-state index in [2.05, 4.69) is 11.1 Å². The molecule has 1 rings (SSSR count). The summed E-state index contributed by atoms with van der Waals surface area (Å²) >= 11 is 0. The van der Waals surface area contributed by atoms with E-state index < -0.39 is 10.1 Å². The molecule has 0 bridgehead atoms. The van der Waals surface area contributed by atoms with Crippen LogP contribution in [0.4, 0.5) is 0 Å². The Balaban J connectivity index is 2.55. The van der Waals surface area contributed by atoms with Crippen LogP contribution in [0.25, 0.3) is 0 Å². The maximum Gasteiger partial charge on any atom is 0.296 e. The molecule has 0 N–H and O–H groups in total. The molecule has 4 heteroatoms. The molecule has 0 aliphatic carbocycles. The molecule has 0 amide bonds. The number of rotatable bonds is 9. The molecule has 1 aromatic carbocycles. The number of benzene rings is 1. The highest BCUT2D eigenvalue weighted by atomic mass is 32.2. The molecule has 108 valence electrons. The quantitative estimate of drug-likeness (QED) is 0.510. The summed E-state index contributed by atoms with van der Waals surface area (Å²) in [4.78, 5) is 0.311. The van der Waals surface area contributed by atoms with Gasteiger partial charge in [-0.15, -0.1) is 0 Å². The van der Waals surface area contributed by atoms with Gasteiger partial charge in [0.1, 0.15) is 0 Å². The topological polar surface area (TPSA) is 43.4 Å². The fraction of sp³-hybridized carbons (Fsp3) is 0.600. The zero-order valence-corrected chi connectivity index (χ0v) is 12.7. The lowest BCUT2D eigenvalue weighted by Gasteiger charge is -2.08. The molecule has 0 aliphatic rings. The minimum absolute atomic E-state index is 0.311. The molecule has 0 heterocycles. The first-order chi connectivity index (χ1) is 9.11. The van der Waals surface area contributed by atoms with Gasteiger partial charge in [0.15, 0.2) is 0 Å². The molecule has 1 aromatic rings. The predicted octanol–water partition coefficient (Wildman–Crippen LogP) is 3.92. The van der Waals surface area contributed by atoms with Crippen molar-refractivity contribution in [2.24, 2.45) is 0 Å². The summed E-state index contributed by atoms with van der Waals surface area (Å²) in [6.07, 6.45) is 8.01. The second kappa shape index (κ2) is 8.33. The second-order valence-electron chi connectivity index (χ2n) is 4.75. The van der Waals surface area contributed by atoms with E-state index in [4.69, 9.17) is 0 Å². The van der Waals surface area contributed by atoms with Crippen molar-refractivity contribution in [1.82, 2.24) is 0 Å². The van der Waals surface area contributed by atoms with E-state index in [1.165, 1.54) is 32.8 Å². The first-order valence-corrected chi connectivity index (χ1v) is 8.41. The second-order valence-corrected chi connectivity index (χ2v) is 6.43. The van der Waals surface area contributed by atoms with Gasteiger partial charge in [-0.1, -0.05) is 57.2 Å². The fourth-order valence-corrected chi connectivity index (χ4v) is 3.06. The average Bonchev–Trinajstić information content (AvgIpc) is 2.43. The van der Waals surface area contributed by atoms with Gasteiger partial charge in [-0.3, -0.25) is 4.18 Å². The Morgan fingerprint density at radius 1 is 1.00 bits per heavy atom. The monoisotopic (exact) mass is 284 g/mol. The number of hydrogen-bond donors (Lipinski definition) is 0. The van der Waals surface area contributed by atoms with E-state index in [9.17, 15) is 8.42 Å². The van der Waals surface area contributed by atoms with Gasteiger partial charge < -0.3 is 0 Å². The van der Waals surface area contributed by atoms with Crippen molar-refractivity contribution in [3.8, 4) is 0 Å². The minimum atomic E-state index is -3.58. The summed E-state index contributed by atoms with van der Waals surface area (Å²) in [5.74, 6) is 0. The molecular weight excluding hydrogens is 260 g/mol. The third-order valence-corrected chi connectivity index (χ3v) is 4.64. The lowest BCUT2D eigenvalue weighted by molar-refractivity contribution is 0.397. The van der Waals surface area contributed by atoms with Gasteiger partial charge in [0.25, 0.3) is 10.1 Å². The molecule has 19 heavy (non-hydrogen) atoms. The van der Waals surface area contributed by atoms with Crippen LogP contribution in [-0.4, -0.2) is 15.5 Å². The summed E-state index contributed by atoms with van der Waals surface area (Å²) < 4.78 is 28.1. The van der Waals surface area contributed by atoms with Crippen molar-refractivity contribution >= 4 is 10.1 Å². The first kappa shape index (κ1) is 16.2.